The summed E-state index contributed by atoms with van der Waals surface area (Å²) in [6.45, 7) is 0. The number of hydrogen-bond donors (Lipinski definition) is 2. The summed E-state index contributed by atoms with van der Waals surface area (Å²) in [4.78, 5) is 1.99. The van der Waals surface area contributed by atoms with E-state index in [-0.39, 0.29) is 5.84 Å². The van der Waals surface area contributed by atoms with E-state index in [0.29, 0.717) is 5.56 Å². The molecule has 0 radical (unpaired) electrons. The van der Waals surface area contributed by atoms with Gasteiger partial charge in [0.25, 0.3) is 0 Å². The van der Waals surface area contributed by atoms with Crippen molar-refractivity contribution in [1.82, 2.24) is 0 Å². The highest BCUT2D eigenvalue weighted by molar-refractivity contribution is 9.10. The van der Waals surface area contributed by atoms with Crippen molar-refractivity contribution in [2.75, 3.05) is 0 Å². The number of hydrogen-bond acceptors (Lipinski definition) is 3. The SMILES string of the molecule is N/C(=N/O)c1c(Br)cccc1Sc1cccc(Br)c1. The lowest BCUT2D eigenvalue weighted by Crippen LogP contribution is -2.15. The van der Waals surface area contributed by atoms with Crippen LogP contribution in [-0.2, 0) is 0 Å². The van der Waals surface area contributed by atoms with Crippen molar-refractivity contribution in [2.24, 2.45) is 10.9 Å². The van der Waals surface area contributed by atoms with E-state index in [1.807, 2.05) is 42.5 Å². The maximum Gasteiger partial charge on any atom is 0.172 e. The third-order valence-electron chi connectivity index (χ3n) is 2.36. The molecule has 0 bridgehead atoms. The second-order valence-electron chi connectivity index (χ2n) is 3.66. The lowest BCUT2D eigenvalue weighted by molar-refractivity contribution is 0.318. The van der Waals surface area contributed by atoms with Crippen molar-refractivity contribution in [3.05, 3.63) is 57.0 Å². The average Bonchev–Trinajstić information content (AvgIpc) is 2.38. The third-order valence-corrected chi connectivity index (χ3v) is 4.57. The standard InChI is InChI=1S/C13H10Br2N2OS/c14-8-3-1-4-9(7-8)19-11-6-2-5-10(15)12(11)13(16)17-18/h1-7,18H,(H2,16,17). The van der Waals surface area contributed by atoms with Gasteiger partial charge in [-0.1, -0.05) is 45.0 Å². The molecule has 0 saturated heterocycles. The molecule has 0 amide bonds. The number of amidine groups is 1. The van der Waals surface area contributed by atoms with E-state index in [1.54, 1.807) is 11.8 Å². The summed E-state index contributed by atoms with van der Waals surface area (Å²) in [6, 6.07) is 13.7. The fourth-order valence-corrected chi connectivity index (χ4v) is 3.85. The van der Waals surface area contributed by atoms with Crippen LogP contribution in [0.3, 0.4) is 0 Å². The van der Waals surface area contributed by atoms with Crippen LogP contribution in [0.1, 0.15) is 5.56 Å². The topological polar surface area (TPSA) is 58.6 Å². The molecule has 2 aromatic rings. The summed E-state index contributed by atoms with van der Waals surface area (Å²) in [5, 5.41) is 12.0. The lowest BCUT2D eigenvalue weighted by atomic mass is 10.2. The fraction of sp³-hybridized carbons (Fsp3) is 0. The molecule has 2 rings (SSSR count). The summed E-state index contributed by atoms with van der Waals surface area (Å²) < 4.78 is 1.81. The number of halogens is 2. The van der Waals surface area contributed by atoms with Gasteiger partial charge in [-0.2, -0.15) is 0 Å². The van der Waals surface area contributed by atoms with Gasteiger partial charge in [-0.15, -0.1) is 0 Å². The molecule has 0 aliphatic heterocycles. The molecule has 0 aliphatic rings. The minimum Gasteiger partial charge on any atom is -0.409 e. The number of benzene rings is 2. The highest BCUT2D eigenvalue weighted by atomic mass is 79.9. The molecule has 3 nitrogen and oxygen atoms in total. The number of nitrogens with two attached hydrogens (primary N) is 1. The normalized spacial score (nSPS) is 11.6. The largest absolute Gasteiger partial charge is 0.409 e. The molecule has 6 heteroatoms. The van der Waals surface area contributed by atoms with Gasteiger partial charge in [0.15, 0.2) is 5.84 Å². The van der Waals surface area contributed by atoms with Crippen molar-refractivity contribution < 1.29 is 5.21 Å². The number of oxime groups is 1. The van der Waals surface area contributed by atoms with E-state index in [2.05, 4.69) is 37.0 Å². The van der Waals surface area contributed by atoms with Gasteiger partial charge >= 0.3 is 0 Å². The first-order valence-electron chi connectivity index (χ1n) is 5.31. The zero-order chi connectivity index (χ0) is 13.8. The van der Waals surface area contributed by atoms with Crippen molar-refractivity contribution in [1.29, 1.82) is 0 Å². The van der Waals surface area contributed by atoms with Crippen LogP contribution in [-0.4, -0.2) is 11.0 Å². The summed E-state index contributed by atoms with van der Waals surface area (Å²) in [6.07, 6.45) is 0. The van der Waals surface area contributed by atoms with Crippen LogP contribution in [0.2, 0.25) is 0 Å². The average molecular weight is 402 g/mol. The molecule has 0 atom stereocenters. The quantitative estimate of drug-likeness (QED) is 0.345. The van der Waals surface area contributed by atoms with Gasteiger partial charge in [0.05, 0.1) is 0 Å². The Kier molecular flexibility index (Phi) is 4.90. The summed E-state index contributed by atoms with van der Waals surface area (Å²) in [7, 11) is 0. The van der Waals surface area contributed by atoms with Crippen molar-refractivity contribution in [3.8, 4) is 0 Å². The van der Waals surface area contributed by atoms with Gasteiger partial charge in [-0.3, -0.25) is 0 Å². The van der Waals surface area contributed by atoms with E-state index >= 15 is 0 Å². The predicted octanol–water partition coefficient (Wildman–Crippen LogP) is 4.46. The van der Waals surface area contributed by atoms with E-state index in [9.17, 15) is 0 Å². The molecule has 19 heavy (non-hydrogen) atoms. The zero-order valence-electron chi connectivity index (χ0n) is 9.68. The first-order chi connectivity index (χ1) is 9.11. The molecule has 0 saturated carbocycles. The number of nitrogens with zero attached hydrogens (tertiary/aromatic N) is 1. The molecule has 0 spiro atoms. The Hall–Kier alpha value is -0.980. The van der Waals surface area contributed by atoms with Crippen molar-refractivity contribution >= 4 is 49.5 Å². The Morgan fingerprint density at radius 1 is 1.16 bits per heavy atom. The van der Waals surface area contributed by atoms with Gasteiger partial charge in [0.1, 0.15) is 0 Å². The lowest BCUT2D eigenvalue weighted by Gasteiger charge is -2.10. The summed E-state index contributed by atoms with van der Waals surface area (Å²) in [5.41, 5.74) is 6.42. The number of rotatable bonds is 3. The Morgan fingerprint density at radius 3 is 2.58 bits per heavy atom. The van der Waals surface area contributed by atoms with E-state index in [1.165, 1.54) is 0 Å². The maximum absolute atomic E-state index is 8.87. The van der Waals surface area contributed by atoms with Gasteiger partial charge in [0, 0.05) is 24.3 Å². The molecule has 98 valence electrons. The molecule has 0 heterocycles. The van der Waals surface area contributed by atoms with Crippen LogP contribution in [0.5, 0.6) is 0 Å². The first kappa shape index (κ1) is 14.4. The van der Waals surface area contributed by atoms with E-state index < -0.39 is 0 Å². The molecular weight excluding hydrogens is 392 g/mol. The molecule has 0 fully saturated rings. The zero-order valence-corrected chi connectivity index (χ0v) is 13.7. The van der Waals surface area contributed by atoms with Gasteiger partial charge in [-0.05, 0) is 46.3 Å². The Balaban J connectivity index is 2.43. The van der Waals surface area contributed by atoms with Gasteiger partial charge in [-0.25, -0.2) is 0 Å². The molecule has 0 aliphatic carbocycles. The van der Waals surface area contributed by atoms with Crippen LogP contribution in [0, 0.1) is 0 Å². The summed E-state index contributed by atoms with van der Waals surface area (Å²) >= 11 is 8.42. The second-order valence-corrected chi connectivity index (χ2v) is 6.54. The highest BCUT2D eigenvalue weighted by Gasteiger charge is 2.12. The smallest absolute Gasteiger partial charge is 0.172 e. The van der Waals surface area contributed by atoms with Gasteiger partial charge in [0.2, 0.25) is 0 Å². The van der Waals surface area contributed by atoms with Crippen molar-refractivity contribution in [3.63, 3.8) is 0 Å². The van der Waals surface area contributed by atoms with E-state index in [0.717, 1.165) is 18.7 Å². The third kappa shape index (κ3) is 3.52. The highest BCUT2D eigenvalue weighted by Crippen LogP contribution is 2.34. The van der Waals surface area contributed by atoms with Gasteiger partial charge < -0.3 is 10.9 Å². The van der Waals surface area contributed by atoms with Crippen molar-refractivity contribution in [2.45, 2.75) is 9.79 Å². The Morgan fingerprint density at radius 2 is 1.89 bits per heavy atom. The maximum atomic E-state index is 8.87. The fourth-order valence-electron chi connectivity index (χ4n) is 1.55. The minimum atomic E-state index is 0.0879. The Labute approximate surface area is 132 Å². The van der Waals surface area contributed by atoms with Crippen LogP contribution >= 0.6 is 43.6 Å². The Bertz CT molecular complexity index is 632. The molecule has 2 aromatic carbocycles. The molecule has 3 N–H and O–H groups in total. The minimum absolute atomic E-state index is 0.0879. The summed E-state index contributed by atoms with van der Waals surface area (Å²) in [5.74, 6) is 0.0879. The van der Waals surface area contributed by atoms with Crippen LogP contribution < -0.4 is 5.73 Å². The predicted molar refractivity (Wildman–Crippen MR) is 84.9 cm³/mol. The monoisotopic (exact) mass is 400 g/mol. The molecular formula is C13H10Br2N2OS. The first-order valence-corrected chi connectivity index (χ1v) is 7.72. The van der Waals surface area contributed by atoms with Crippen LogP contribution in [0.25, 0.3) is 0 Å². The van der Waals surface area contributed by atoms with Crippen LogP contribution in [0.4, 0.5) is 0 Å². The van der Waals surface area contributed by atoms with E-state index in [4.69, 9.17) is 10.9 Å². The molecule has 0 unspecified atom stereocenters. The molecule has 0 aromatic heterocycles. The van der Waals surface area contributed by atoms with Crippen LogP contribution in [0.15, 0.2) is 66.4 Å². The second kappa shape index (κ2) is 6.45.